The van der Waals surface area contributed by atoms with E-state index in [4.69, 9.17) is 5.73 Å². The number of hydrogen-bond acceptors (Lipinski definition) is 3. The van der Waals surface area contributed by atoms with E-state index in [-0.39, 0.29) is 18.1 Å². The van der Waals surface area contributed by atoms with Crippen molar-refractivity contribution in [3.8, 4) is 0 Å². The van der Waals surface area contributed by atoms with Crippen LogP contribution >= 0.6 is 0 Å². The number of carbonyl (C=O) groups excluding carboxylic acids is 1. The molecule has 106 valence electrons. The molecule has 0 fully saturated rings. The Morgan fingerprint density at radius 1 is 1.32 bits per heavy atom. The van der Waals surface area contributed by atoms with Crippen LogP contribution in [0, 0.1) is 5.82 Å². The number of rotatable bonds is 6. The Hall–Kier alpha value is -1.62. The molecule has 0 aromatic heterocycles. The monoisotopic (exact) mass is 267 g/mol. The quantitative estimate of drug-likeness (QED) is 0.798. The Morgan fingerprint density at radius 2 is 1.95 bits per heavy atom. The highest BCUT2D eigenvalue weighted by Gasteiger charge is 2.14. The van der Waals surface area contributed by atoms with Crippen molar-refractivity contribution in [3.05, 3.63) is 29.6 Å². The van der Waals surface area contributed by atoms with Crippen LogP contribution in [0.1, 0.15) is 19.4 Å². The van der Waals surface area contributed by atoms with Gasteiger partial charge in [0.15, 0.2) is 5.82 Å². The van der Waals surface area contributed by atoms with Gasteiger partial charge in [0.1, 0.15) is 0 Å². The van der Waals surface area contributed by atoms with Gasteiger partial charge in [-0.3, -0.25) is 9.69 Å². The molecule has 0 radical (unpaired) electrons. The van der Waals surface area contributed by atoms with Crippen LogP contribution in [0.3, 0.4) is 0 Å². The molecule has 0 spiro atoms. The second-order valence-corrected chi connectivity index (χ2v) is 4.56. The van der Waals surface area contributed by atoms with Gasteiger partial charge in [-0.25, -0.2) is 4.39 Å². The van der Waals surface area contributed by atoms with E-state index in [0.29, 0.717) is 25.2 Å². The molecule has 0 aliphatic rings. The number of amides is 1. The molecule has 1 aromatic carbocycles. The standard InChI is InChI=1S/C14H22FN3O/c1-4-18(5-2)13(19)10-17(3)9-11-7-6-8-12(16)14(11)15/h6-8H,4-5,9-10,16H2,1-3H3. The average molecular weight is 267 g/mol. The lowest BCUT2D eigenvalue weighted by atomic mass is 10.1. The van der Waals surface area contributed by atoms with Crippen LogP contribution in [-0.2, 0) is 11.3 Å². The first-order valence-electron chi connectivity index (χ1n) is 6.48. The van der Waals surface area contributed by atoms with Crippen LogP contribution in [-0.4, -0.2) is 42.4 Å². The first-order chi connectivity index (χ1) is 8.99. The van der Waals surface area contributed by atoms with Gasteiger partial charge in [0.25, 0.3) is 0 Å². The first kappa shape index (κ1) is 15.4. The van der Waals surface area contributed by atoms with E-state index in [2.05, 4.69) is 0 Å². The van der Waals surface area contributed by atoms with Gasteiger partial charge in [-0.2, -0.15) is 0 Å². The van der Waals surface area contributed by atoms with Crippen LogP contribution < -0.4 is 5.73 Å². The number of benzene rings is 1. The van der Waals surface area contributed by atoms with Gasteiger partial charge in [-0.1, -0.05) is 12.1 Å². The predicted molar refractivity (Wildman–Crippen MR) is 75.1 cm³/mol. The van der Waals surface area contributed by atoms with Gasteiger partial charge in [-0.05, 0) is 27.0 Å². The highest BCUT2D eigenvalue weighted by Crippen LogP contribution is 2.15. The number of nitrogens with two attached hydrogens (primary N) is 1. The Bertz CT molecular complexity index is 433. The number of anilines is 1. The summed E-state index contributed by atoms with van der Waals surface area (Å²) in [6, 6.07) is 4.93. The summed E-state index contributed by atoms with van der Waals surface area (Å²) in [6.45, 7) is 5.91. The molecule has 1 amide bonds. The van der Waals surface area contributed by atoms with Crippen molar-refractivity contribution in [2.45, 2.75) is 20.4 Å². The van der Waals surface area contributed by atoms with E-state index in [0.717, 1.165) is 0 Å². The van der Waals surface area contributed by atoms with Crippen LogP contribution in [0.15, 0.2) is 18.2 Å². The van der Waals surface area contributed by atoms with Crippen molar-refractivity contribution >= 4 is 11.6 Å². The van der Waals surface area contributed by atoms with Crippen molar-refractivity contribution in [2.24, 2.45) is 0 Å². The SMILES string of the molecule is CCN(CC)C(=O)CN(C)Cc1cccc(N)c1F. The second kappa shape index (κ2) is 7.09. The number of nitrogens with zero attached hydrogens (tertiary/aromatic N) is 2. The lowest BCUT2D eigenvalue weighted by Crippen LogP contribution is -2.38. The minimum absolute atomic E-state index is 0.0526. The summed E-state index contributed by atoms with van der Waals surface area (Å²) in [5.41, 5.74) is 6.17. The van der Waals surface area contributed by atoms with E-state index in [1.807, 2.05) is 13.8 Å². The predicted octanol–water partition coefficient (Wildman–Crippen LogP) is 1.71. The normalized spacial score (nSPS) is 10.8. The van der Waals surface area contributed by atoms with Crippen molar-refractivity contribution in [1.29, 1.82) is 0 Å². The van der Waals surface area contributed by atoms with Crippen molar-refractivity contribution in [1.82, 2.24) is 9.80 Å². The highest BCUT2D eigenvalue weighted by atomic mass is 19.1. The topological polar surface area (TPSA) is 49.6 Å². The zero-order valence-electron chi connectivity index (χ0n) is 11.8. The fraction of sp³-hybridized carbons (Fsp3) is 0.500. The van der Waals surface area contributed by atoms with Gasteiger partial charge in [0.2, 0.25) is 5.91 Å². The van der Waals surface area contributed by atoms with Crippen LogP contribution in [0.5, 0.6) is 0 Å². The zero-order chi connectivity index (χ0) is 14.4. The fourth-order valence-electron chi connectivity index (χ4n) is 1.98. The Balaban J connectivity index is 2.62. The van der Waals surface area contributed by atoms with E-state index in [9.17, 15) is 9.18 Å². The summed E-state index contributed by atoms with van der Waals surface area (Å²) in [5, 5.41) is 0. The fourth-order valence-corrected chi connectivity index (χ4v) is 1.98. The largest absolute Gasteiger partial charge is 0.396 e. The Labute approximate surface area is 114 Å². The lowest BCUT2D eigenvalue weighted by molar-refractivity contribution is -0.131. The maximum absolute atomic E-state index is 13.7. The summed E-state index contributed by atoms with van der Waals surface area (Å²) in [5.74, 6) is -0.346. The third-order valence-corrected chi connectivity index (χ3v) is 3.07. The molecule has 0 atom stereocenters. The van der Waals surface area contributed by atoms with E-state index in [1.165, 1.54) is 6.07 Å². The summed E-state index contributed by atoms with van der Waals surface area (Å²) < 4.78 is 13.7. The minimum Gasteiger partial charge on any atom is -0.396 e. The van der Waals surface area contributed by atoms with Crippen LogP contribution in [0.2, 0.25) is 0 Å². The number of halogens is 1. The smallest absolute Gasteiger partial charge is 0.236 e. The number of carbonyl (C=O) groups is 1. The molecular formula is C14H22FN3O. The second-order valence-electron chi connectivity index (χ2n) is 4.56. The molecule has 0 bridgehead atoms. The van der Waals surface area contributed by atoms with Gasteiger partial charge < -0.3 is 10.6 Å². The summed E-state index contributed by atoms with van der Waals surface area (Å²) in [7, 11) is 1.80. The Morgan fingerprint density at radius 3 is 2.53 bits per heavy atom. The van der Waals surface area contributed by atoms with Crippen molar-refractivity contribution < 1.29 is 9.18 Å². The number of likely N-dealkylation sites (N-methyl/N-ethyl adjacent to an activating group) is 2. The molecule has 0 heterocycles. The zero-order valence-corrected chi connectivity index (χ0v) is 11.8. The summed E-state index contributed by atoms with van der Waals surface area (Å²) in [4.78, 5) is 15.5. The number of hydrogen-bond donors (Lipinski definition) is 1. The summed E-state index contributed by atoms with van der Waals surface area (Å²) in [6.07, 6.45) is 0. The lowest BCUT2D eigenvalue weighted by Gasteiger charge is -2.23. The molecule has 0 aliphatic heterocycles. The minimum atomic E-state index is -0.398. The molecule has 5 heteroatoms. The molecule has 0 saturated carbocycles. The molecule has 4 nitrogen and oxygen atoms in total. The van der Waals surface area contributed by atoms with E-state index >= 15 is 0 Å². The molecule has 0 saturated heterocycles. The number of nitrogen functional groups attached to an aromatic ring is 1. The molecule has 1 rings (SSSR count). The van der Waals surface area contributed by atoms with Crippen LogP contribution in [0.25, 0.3) is 0 Å². The summed E-state index contributed by atoms with van der Waals surface area (Å²) >= 11 is 0. The van der Waals surface area contributed by atoms with Gasteiger partial charge in [0, 0.05) is 25.2 Å². The molecular weight excluding hydrogens is 245 g/mol. The van der Waals surface area contributed by atoms with Crippen molar-refractivity contribution in [2.75, 3.05) is 32.4 Å². The molecule has 0 unspecified atom stereocenters. The maximum atomic E-state index is 13.7. The van der Waals surface area contributed by atoms with Gasteiger partial charge >= 0.3 is 0 Å². The van der Waals surface area contributed by atoms with Gasteiger partial charge in [0.05, 0.1) is 12.2 Å². The van der Waals surface area contributed by atoms with Gasteiger partial charge in [-0.15, -0.1) is 0 Å². The average Bonchev–Trinajstić information content (AvgIpc) is 2.36. The maximum Gasteiger partial charge on any atom is 0.236 e. The first-order valence-corrected chi connectivity index (χ1v) is 6.48. The Kier molecular flexibility index (Phi) is 5.76. The molecule has 1 aromatic rings. The van der Waals surface area contributed by atoms with Crippen LogP contribution in [0.4, 0.5) is 10.1 Å². The highest BCUT2D eigenvalue weighted by molar-refractivity contribution is 5.78. The van der Waals surface area contributed by atoms with E-state index < -0.39 is 5.82 Å². The molecule has 19 heavy (non-hydrogen) atoms. The van der Waals surface area contributed by atoms with Crippen molar-refractivity contribution in [3.63, 3.8) is 0 Å². The third kappa shape index (κ3) is 4.21. The van der Waals surface area contributed by atoms with E-state index in [1.54, 1.807) is 29.0 Å². The third-order valence-electron chi connectivity index (χ3n) is 3.07. The molecule has 0 aliphatic carbocycles. The molecule has 2 N–H and O–H groups in total.